The normalized spacial score (nSPS) is 11.9. The number of rotatable bonds is 15. The Morgan fingerprint density at radius 1 is 0.700 bits per heavy atom. The second-order valence-electron chi connectivity index (χ2n) is 5.47. The molecule has 0 bridgehead atoms. The van der Waals surface area contributed by atoms with E-state index in [0.29, 0.717) is 6.42 Å². The Hall–Kier alpha value is -0.130. The molecular weight excluding hydrogens is 276 g/mol. The molecule has 5 heteroatoms. The maximum Gasteiger partial charge on any atom is 0.217 e. The fraction of sp³-hybridized carbons (Fsp3) is 1.00. The first-order valence-corrected chi connectivity index (χ1v) is 9.50. The van der Waals surface area contributed by atoms with Crippen LogP contribution in [0.2, 0.25) is 0 Å². The van der Waals surface area contributed by atoms with Gasteiger partial charge >= 0.3 is 0 Å². The van der Waals surface area contributed by atoms with Crippen LogP contribution >= 0.6 is 0 Å². The van der Waals surface area contributed by atoms with Crippen LogP contribution in [0.3, 0.4) is 0 Å². The van der Waals surface area contributed by atoms with Gasteiger partial charge in [-0.25, -0.2) is 8.42 Å². The van der Waals surface area contributed by atoms with Crippen LogP contribution in [0, 0.1) is 0 Å². The van der Waals surface area contributed by atoms with Crippen LogP contribution in [0.4, 0.5) is 0 Å². The van der Waals surface area contributed by atoms with Gasteiger partial charge in [-0.05, 0) is 6.42 Å². The maximum atomic E-state index is 10.2. The van der Waals surface area contributed by atoms with E-state index in [1.807, 2.05) is 0 Å². The van der Waals surface area contributed by atoms with Gasteiger partial charge in [-0.3, -0.25) is 4.18 Å². The van der Waals surface area contributed by atoms with Crippen molar-refractivity contribution >= 4 is 10.4 Å². The lowest BCUT2D eigenvalue weighted by Crippen LogP contribution is -2.05. The van der Waals surface area contributed by atoms with Crippen molar-refractivity contribution < 1.29 is 17.2 Å². The molecule has 122 valence electrons. The summed E-state index contributed by atoms with van der Waals surface area (Å²) in [6.45, 7) is 2.27. The zero-order valence-electron chi connectivity index (χ0n) is 12.9. The van der Waals surface area contributed by atoms with E-state index in [4.69, 9.17) is 0 Å². The van der Waals surface area contributed by atoms with Crippen molar-refractivity contribution in [2.75, 3.05) is 6.61 Å². The summed E-state index contributed by atoms with van der Waals surface area (Å²) in [5.74, 6) is 0. The summed E-state index contributed by atoms with van der Waals surface area (Å²) in [5, 5.41) is 0. The van der Waals surface area contributed by atoms with Crippen molar-refractivity contribution in [2.24, 2.45) is 0 Å². The van der Waals surface area contributed by atoms with E-state index < -0.39 is 10.4 Å². The van der Waals surface area contributed by atoms with Crippen molar-refractivity contribution in [2.45, 2.75) is 90.4 Å². The Bertz CT molecular complexity index is 288. The SMILES string of the molecule is CCCCCCCCCCCCCCCOS(=O)(=O)[O-]. The van der Waals surface area contributed by atoms with Gasteiger partial charge in [-0.15, -0.1) is 0 Å². The van der Waals surface area contributed by atoms with Crippen LogP contribution in [0.15, 0.2) is 0 Å². The lowest BCUT2D eigenvalue weighted by atomic mass is 10.0. The van der Waals surface area contributed by atoms with Gasteiger partial charge in [-0.2, -0.15) is 0 Å². The zero-order valence-corrected chi connectivity index (χ0v) is 13.8. The molecule has 0 unspecified atom stereocenters. The molecule has 0 aliphatic rings. The van der Waals surface area contributed by atoms with Crippen molar-refractivity contribution in [3.8, 4) is 0 Å². The molecule has 0 amide bonds. The number of hydrogen-bond acceptors (Lipinski definition) is 4. The highest BCUT2D eigenvalue weighted by Gasteiger charge is 1.96. The predicted octanol–water partition coefficient (Wildman–Crippen LogP) is 4.55. The van der Waals surface area contributed by atoms with Crippen LogP contribution in [0.25, 0.3) is 0 Å². The third-order valence-corrected chi connectivity index (χ3v) is 3.93. The van der Waals surface area contributed by atoms with E-state index in [0.717, 1.165) is 12.8 Å². The molecule has 0 aliphatic heterocycles. The molecule has 0 aromatic rings. The Kier molecular flexibility index (Phi) is 13.7. The average molecular weight is 307 g/mol. The fourth-order valence-corrected chi connectivity index (χ4v) is 2.60. The van der Waals surface area contributed by atoms with Crippen molar-refractivity contribution in [3.05, 3.63) is 0 Å². The van der Waals surface area contributed by atoms with Gasteiger partial charge in [0.05, 0.1) is 6.61 Å². The summed E-state index contributed by atoms with van der Waals surface area (Å²) in [4.78, 5) is 0. The summed E-state index contributed by atoms with van der Waals surface area (Å²) in [6.07, 6.45) is 16.0. The van der Waals surface area contributed by atoms with Crippen LogP contribution in [0.5, 0.6) is 0 Å². The van der Waals surface area contributed by atoms with E-state index in [-0.39, 0.29) is 6.61 Å². The first-order chi connectivity index (χ1) is 9.56. The van der Waals surface area contributed by atoms with E-state index in [1.165, 1.54) is 64.2 Å². The van der Waals surface area contributed by atoms with Gasteiger partial charge < -0.3 is 4.55 Å². The predicted molar refractivity (Wildman–Crippen MR) is 81.3 cm³/mol. The summed E-state index contributed by atoms with van der Waals surface area (Å²) in [7, 11) is -4.49. The Morgan fingerprint density at radius 2 is 1.05 bits per heavy atom. The summed E-state index contributed by atoms with van der Waals surface area (Å²) >= 11 is 0. The third-order valence-electron chi connectivity index (χ3n) is 3.48. The van der Waals surface area contributed by atoms with Gasteiger partial charge in [-0.1, -0.05) is 84.0 Å². The standard InChI is InChI=1S/C15H32O4S/c1-2-3-4-5-6-7-8-9-10-11-12-13-14-15-19-20(16,17)18/h2-15H2,1H3,(H,16,17,18)/p-1. The highest BCUT2D eigenvalue weighted by Crippen LogP contribution is 2.12. The molecule has 0 atom stereocenters. The first-order valence-electron chi connectivity index (χ1n) is 8.16. The molecule has 0 radical (unpaired) electrons. The van der Waals surface area contributed by atoms with Gasteiger partial charge in [0.2, 0.25) is 10.4 Å². The van der Waals surface area contributed by atoms with Gasteiger partial charge in [0.1, 0.15) is 0 Å². The molecule has 0 aromatic carbocycles. The van der Waals surface area contributed by atoms with Gasteiger partial charge in [0.15, 0.2) is 0 Å². The zero-order chi connectivity index (χ0) is 15.1. The van der Waals surface area contributed by atoms with Crippen LogP contribution in [-0.4, -0.2) is 19.6 Å². The quantitative estimate of drug-likeness (QED) is 0.253. The first kappa shape index (κ1) is 19.9. The van der Waals surface area contributed by atoms with Crippen molar-refractivity contribution in [1.82, 2.24) is 0 Å². The van der Waals surface area contributed by atoms with E-state index >= 15 is 0 Å². The van der Waals surface area contributed by atoms with E-state index in [2.05, 4.69) is 11.1 Å². The summed E-state index contributed by atoms with van der Waals surface area (Å²) < 4.78 is 34.7. The molecular formula is C15H31O4S-. The molecule has 20 heavy (non-hydrogen) atoms. The Balaban J connectivity index is 3.03. The molecule has 0 heterocycles. The molecule has 0 aromatic heterocycles. The minimum Gasteiger partial charge on any atom is -0.726 e. The topological polar surface area (TPSA) is 66.4 Å². The monoisotopic (exact) mass is 307 g/mol. The minimum atomic E-state index is -4.49. The van der Waals surface area contributed by atoms with E-state index in [1.54, 1.807) is 0 Å². The highest BCUT2D eigenvalue weighted by atomic mass is 32.3. The molecule has 0 saturated carbocycles. The maximum absolute atomic E-state index is 10.2. The highest BCUT2D eigenvalue weighted by molar-refractivity contribution is 7.80. The molecule has 0 rings (SSSR count). The molecule has 0 N–H and O–H groups in total. The lowest BCUT2D eigenvalue weighted by molar-refractivity contribution is 0.255. The van der Waals surface area contributed by atoms with Crippen molar-refractivity contribution in [1.29, 1.82) is 0 Å². The number of unbranched alkanes of at least 4 members (excludes halogenated alkanes) is 12. The number of hydrogen-bond donors (Lipinski definition) is 0. The van der Waals surface area contributed by atoms with E-state index in [9.17, 15) is 13.0 Å². The third kappa shape index (κ3) is 17.9. The van der Waals surface area contributed by atoms with Crippen LogP contribution in [0.1, 0.15) is 90.4 Å². The smallest absolute Gasteiger partial charge is 0.217 e. The molecule has 0 aliphatic carbocycles. The Labute approximate surface area is 125 Å². The Morgan fingerprint density at radius 3 is 1.40 bits per heavy atom. The molecule has 4 nitrogen and oxygen atoms in total. The lowest BCUT2D eigenvalue weighted by Gasteiger charge is -2.07. The fourth-order valence-electron chi connectivity index (χ4n) is 2.28. The summed E-state index contributed by atoms with van der Waals surface area (Å²) in [6, 6.07) is 0. The average Bonchev–Trinajstić information content (AvgIpc) is 2.38. The van der Waals surface area contributed by atoms with Gasteiger partial charge in [0, 0.05) is 0 Å². The van der Waals surface area contributed by atoms with Crippen LogP contribution < -0.4 is 0 Å². The van der Waals surface area contributed by atoms with Gasteiger partial charge in [0.25, 0.3) is 0 Å². The second-order valence-corrected chi connectivity index (χ2v) is 6.53. The van der Waals surface area contributed by atoms with Crippen LogP contribution in [-0.2, 0) is 14.6 Å². The minimum absolute atomic E-state index is 0.0313. The molecule has 0 saturated heterocycles. The largest absolute Gasteiger partial charge is 0.726 e. The second kappa shape index (κ2) is 13.8. The molecule has 0 spiro atoms. The molecule has 0 fully saturated rings. The summed E-state index contributed by atoms with van der Waals surface area (Å²) in [5.41, 5.74) is 0. The van der Waals surface area contributed by atoms with Crippen molar-refractivity contribution in [3.63, 3.8) is 0 Å².